The average Bonchev–Trinajstić information content (AvgIpc) is 2.28. The van der Waals surface area contributed by atoms with E-state index in [1.807, 2.05) is 0 Å². The molecule has 0 radical (unpaired) electrons. The van der Waals surface area contributed by atoms with Crippen LogP contribution in [0.2, 0.25) is 0 Å². The molecule has 2 rings (SSSR count). The smallest absolute Gasteiger partial charge is 0.243 e. The van der Waals surface area contributed by atoms with Crippen molar-refractivity contribution in [1.82, 2.24) is 4.31 Å². The van der Waals surface area contributed by atoms with Crippen molar-refractivity contribution in [2.24, 2.45) is 5.92 Å². The fraction of sp³-hybridized carbons (Fsp3) is 0.500. The number of nitrogens with two attached hydrogens (primary N) is 1. The van der Waals surface area contributed by atoms with Crippen molar-refractivity contribution in [2.75, 3.05) is 18.8 Å². The Kier molecular flexibility index (Phi) is 3.59. The highest BCUT2D eigenvalue weighted by atomic mass is 32.2. The van der Waals surface area contributed by atoms with Crippen LogP contribution in [-0.4, -0.2) is 25.8 Å². The van der Waals surface area contributed by atoms with Gasteiger partial charge in [-0.3, -0.25) is 0 Å². The number of halogens is 1. The monoisotopic (exact) mass is 272 g/mol. The van der Waals surface area contributed by atoms with Gasteiger partial charge in [0.25, 0.3) is 0 Å². The lowest BCUT2D eigenvalue weighted by atomic mass is 10.0. The van der Waals surface area contributed by atoms with E-state index in [4.69, 9.17) is 5.73 Å². The average molecular weight is 272 g/mol. The molecule has 0 unspecified atom stereocenters. The summed E-state index contributed by atoms with van der Waals surface area (Å²) < 4.78 is 39.2. The summed E-state index contributed by atoms with van der Waals surface area (Å²) in [7, 11) is -3.62. The molecule has 1 aromatic carbocycles. The van der Waals surface area contributed by atoms with Gasteiger partial charge in [0, 0.05) is 18.8 Å². The minimum atomic E-state index is -3.62. The second-order valence-electron chi connectivity index (χ2n) is 4.81. The third-order valence-electron chi connectivity index (χ3n) is 3.27. The van der Waals surface area contributed by atoms with Crippen molar-refractivity contribution in [3.63, 3.8) is 0 Å². The third kappa shape index (κ3) is 2.64. The molecule has 2 N–H and O–H groups in total. The normalized spacial score (nSPS) is 19.0. The molecule has 1 heterocycles. The van der Waals surface area contributed by atoms with Crippen molar-refractivity contribution in [3.05, 3.63) is 24.0 Å². The van der Waals surface area contributed by atoms with Gasteiger partial charge >= 0.3 is 0 Å². The second kappa shape index (κ2) is 4.85. The van der Waals surface area contributed by atoms with Gasteiger partial charge in [0.05, 0.1) is 4.90 Å². The van der Waals surface area contributed by atoms with Gasteiger partial charge in [0.2, 0.25) is 10.0 Å². The number of hydrogen-bond donors (Lipinski definition) is 1. The molecule has 0 aliphatic carbocycles. The summed E-state index contributed by atoms with van der Waals surface area (Å²) >= 11 is 0. The molecule has 1 aliphatic rings. The van der Waals surface area contributed by atoms with E-state index in [1.54, 1.807) is 0 Å². The van der Waals surface area contributed by atoms with Gasteiger partial charge < -0.3 is 5.73 Å². The fourth-order valence-electron chi connectivity index (χ4n) is 2.11. The van der Waals surface area contributed by atoms with Crippen LogP contribution >= 0.6 is 0 Å². The van der Waals surface area contributed by atoms with Crippen molar-refractivity contribution in [2.45, 2.75) is 24.7 Å². The Morgan fingerprint density at radius 2 is 1.89 bits per heavy atom. The van der Waals surface area contributed by atoms with Gasteiger partial charge in [-0.05, 0) is 37.0 Å². The van der Waals surface area contributed by atoms with E-state index >= 15 is 0 Å². The van der Waals surface area contributed by atoms with Gasteiger partial charge in [0.15, 0.2) is 0 Å². The highest BCUT2D eigenvalue weighted by molar-refractivity contribution is 7.89. The molecule has 100 valence electrons. The van der Waals surface area contributed by atoms with Crippen molar-refractivity contribution in [1.29, 1.82) is 0 Å². The predicted molar refractivity (Wildman–Crippen MR) is 68.0 cm³/mol. The predicted octanol–water partition coefficient (Wildman–Crippen LogP) is 1.83. The minimum absolute atomic E-state index is 0.0606. The molecule has 1 saturated heterocycles. The molecule has 1 aromatic rings. The maximum absolute atomic E-state index is 13.2. The minimum Gasteiger partial charge on any atom is -0.399 e. The molecule has 18 heavy (non-hydrogen) atoms. The van der Waals surface area contributed by atoms with E-state index in [0.717, 1.165) is 25.0 Å². The number of nitrogens with zero attached hydrogens (tertiary/aromatic N) is 1. The summed E-state index contributed by atoms with van der Waals surface area (Å²) in [5, 5.41) is 0. The fourth-order valence-corrected chi connectivity index (χ4v) is 3.64. The SMILES string of the molecule is CC1CCN(S(=O)(=O)c2cc(N)cc(F)c2)CC1. The Hall–Kier alpha value is -1.14. The van der Waals surface area contributed by atoms with Gasteiger partial charge in [-0.15, -0.1) is 0 Å². The first-order chi connectivity index (χ1) is 8.39. The molecule has 1 aliphatic heterocycles. The van der Waals surface area contributed by atoms with E-state index in [2.05, 4.69) is 6.92 Å². The molecular formula is C12H17FN2O2S. The first-order valence-corrected chi connectivity index (χ1v) is 7.40. The number of anilines is 1. The van der Waals surface area contributed by atoms with Crippen LogP contribution in [-0.2, 0) is 10.0 Å². The molecule has 0 saturated carbocycles. The Morgan fingerprint density at radius 3 is 2.44 bits per heavy atom. The lowest BCUT2D eigenvalue weighted by Gasteiger charge is -2.29. The van der Waals surface area contributed by atoms with E-state index in [9.17, 15) is 12.8 Å². The first-order valence-electron chi connectivity index (χ1n) is 5.96. The van der Waals surface area contributed by atoms with Gasteiger partial charge in [-0.1, -0.05) is 6.92 Å². The largest absolute Gasteiger partial charge is 0.399 e. The molecule has 0 bridgehead atoms. The van der Waals surface area contributed by atoms with Crippen molar-refractivity contribution >= 4 is 15.7 Å². The Labute approximate surface area is 107 Å². The summed E-state index contributed by atoms with van der Waals surface area (Å²) in [6.45, 7) is 3.07. The first kappa shape index (κ1) is 13.3. The zero-order valence-corrected chi connectivity index (χ0v) is 11.1. The number of piperidine rings is 1. The highest BCUT2D eigenvalue weighted by Crippen LogP contribution is 2.25. The molecule has 1 fully saturated rings. The quantitative estimate of drug-likeness (QED) is 0.835. The van der Waals surface area contributed by atoms with E-state index in [-0.39, 0.29) is 10.6 Å². The van der Waals surface area contributed by atoms with Crippen LogP contribution < -0.4 is 5.73 Å². The summed E-state index contributed by atoms with van der Waals surface area (Å²) in [5.41, 5.74) is 5.61. The summed E-state index contributed by atoms with van der Waals surface area (Å²) in [6.07, 6.45) is 1.67. The molecule has 0 aromatic heterocycles. The van der Waals surface area contributed by atoms with Crippen molar-refractivity contribution < 1.29 is 12.8 Å². The van der Waals surface area contributed by atoms with Crippen LogP contribution in [0.3, 0.4) is 0 Å². The summed E-state index contributed by atoms with van der Waals surface area (Å²) in [4.78, 5) is -0.0606. The van der Waals surface area contributed by atoms with E-state index < -0.39 is 15.8 Å². The van der Waals surface area contributed by atoms with Crippen LogP contribution in [0.1, 0.15) is 19.8 Å². The van der Waals surface area contributed by atoms with Crippen LogP contribution in [0.15, 0.2) is 23.1 Å². The number of benzene rings is 1. The molecule has 4 nitrogen and oxygen atoms in total. The van der Waals surface area contributed by atoms with E-state index in [0.29, 0.717) is 19.0 Å². The van der Waals surface area contributed by atoms with E-state index in [1.165, 1.54) is 10.4 Å². The van der Waals surface area contributed by atoms with Gasteiger partial charge in [-0.2, -0.15) is 4.31 Å². The Balaban J connectivity index is 2.30. The number of sulfonamides is 1. The molecule has 0 amide bonds. The lowest BCUT2D eigenvalue weighted by molar-refractivity contribution is 0.288. The topological polar surface area (TPSA) is 63.4 Å². The Morgan fingerprint density at radius 1 is 1.28 bits per heavy atom. The zero-order chi connectivity index (χ0) is 13.3. The summed E-state index contributed by atoms with van der Waals surface area (Å²) in [5.74, 6) is -0.0898. The number of nitrogen functional groups attached to an aromatic ring is 1. The third-order valence-corrected chi connectivity index (χ3v) is 5.15. The number of hydrogen-bond acceptors (Lipinski definition) is 3. The Bertz CT molecular complexity index is 517. The molecule has 6 heteroatoms. The second-order valence-corrected chi connectivity index (χ2v) is 6.74. The lowest BCUT2D eigenvalue weighted by Crippen LogP contribution is -2.37. The van der Waals surface area contributed by atoms with Crippen LogP contribution in [0.4, 0.5) is 10.1 Å². The highest BCUT2D eigenvalue weighted by Gasteiger charge is 2.28. The van der Waals surface area contributed by atoms with Gasteiger partial charge in [-0.25, -0.2) is 12.8 Å². The summed E-state index contributed by atoms with van der Waals surface area (Å²) in [6, 6.07) is 3.43. The van der Waals surface area contributed by atoms with Gasteiger partial charge in [0.1, 0.15) is 5.82 Å². The number of rotatable bonds is 2. The standard InChI is InChI=1S/C12H17FN2O2S/c1-9-2-4-15(5-3-9)18(16,17)12-7-10(13)6-11(14)8-12/h6-9H,2-5,14H2,1H3. The molecule has 0 atom stereocenters. The van der Waals surface area contributed by atoms with Crippen molar-refractivity contribution in [3.8, 4) is 0 Å². The van der Waals surface area contributed by atoms with Crippen LogP contribution in [0.5, 0.6) is 0 Å². The molecular weight excluding hydrogens is 255 g/mol. The molecule has 0 spiro atoms. The van der Waals surface area contributed by atoms with Crippen LogP contribution in [0, 0.1) is 11.7 Å². The maximum atomic E-state index is 13.2. The van der Waals surface area contributed by atoms with Crippen LogP contribution in [0.25, 0.3) is 0 Å². The zero-order valence-electron chi connectivity index (χ0n) is 10.3. The maximum Gasteiger partial charge on any atom is 0.243 e.